The lowest BCUT2D eigenvalue weighted by Gasteiger charge is -2.29. The van der Waals surface area contributed by atoms with Crippen molar-refractivity contribution < 1.29 is 8.78 Å². The van der Waals surface area contributed by atoms with Gasteiger partial charge in [0.15, 0.2) is 5.82 Å². The number of halogens is 2. The lowest BCUT2D eigenvalue weighted by Crippen LogP contribution is -2.36. The fourth-order valence-electron chi connectivity index (χ4n) is 3.85. The zero-order valence-corrected chi connectivity index (χ0v) is 15.9. The molecule has 1 aliphatic heterocycles. The van der Waals surface area contributed by atoms with E-state index in [1.807, 2.05) is 61.2 Å². The molecule has 0 unspecified atom stereocenters. The molecule has 0 fully saturated rings. The minimum atomic E-state index is -0.843. The van der Waals surface area contributed by atoms with Crippen LogP contribution in [0, 0.1) is 29.9 Å². The molecule has 0 N–H and O–H groups in total. The summed E-state index contributed by atoms with van der Waals surface area (Å²) in [6.07, 6.45) is -0.223. The Hall–Kier alpha value is -3.39. The zero-order chi connectivity index (χ0) is 20.0. The van der Waals surface area contributed by atoms with Gasteiger partial charge < -0.3 is 9.80 Å². The monoisotopic (exact) mass is 375 g/mol. The van der Waals surface area contributed by atoms with Crippen LogP contribution in [0.15, 0.2) is 54.6 Å². The van der Waals surface area contributed by atoms with Gasteiger partial charge in [0, 0.05) is 18.8 Å². The smallest absolute Gasteiger partial charge is 0.169 e. The fraction of sp³-hybridized carbons (Fsp3) is 0.174. The molecule has 0 aromatic heterocycles. The molecule has 1 heterocycles. The van der Waals surface area contributed by atoms with Crippen LogP contribution in [0.3, 0.4) is 0 Å². The van der Waals surface area contributed by atoms with Gasteiger partial charge in [0.1, 0.15) is 29.3 Å². The van der Waals surface area contributed by atoms with Crippen molar-refractivity contribution in [2.75, 3.05) is 16.8 Å². The number of hydrogen-bond acceptors (Lipinski definition) is 3. The molecule has 0 spiro atoms. The van der Waals surface area contributed by atoms with Crippen LogP contribution in [0.5, 0.6) is 0 Å². The van der Waals surface area contributed by atoms with Gasteiger partial charge in [-0.05, 0) is 42.7 Å². The van der Waals surface area contributed by atoms with Crippen molar-refractivity contribution in [2.45, 2.75) is 20.0 Å². The molecular formula is C23H19F2N3. The number of fused-ring (bicyclic) bond motifs is 1. The third-order valence-electron chi connectivity index (χ3n) is 5.39. The summed E-state index contributed by atoms with van der Waals surface area (Å²) in [6.45, 7) is 3.91. The van der Waals surface area contributed by atoms with E-state index in [2.05, 4.69) is 6.07 Å². The summed E-state index contributed by atoms with van der Waals surface area (Å²) < 4.78 is 29.1. The molecule has 140 valence electrons. The van der Waals surface area contributed by atoms with Crippen molar-refractivity contribution in [3.63, 3.8) is 0 Å². The minimum Gasteiger partial charge on any atom is -0.350 e. The Morgan fingerprint density at radius 3 is 2.32 bits per heavy atom. The van der Waals surface area contributed by atoms with Gasteiger partial charge in [-0.25, -0.2) is 8.78 Å². The highest BCUT2D eigenvalue weighted by atomic mass is 19.1. The first-order valence-electron chi connectivity index (χ1n) is 9.04. The molecule has 28 heavy (non-hydrogen) atoms. The van der Waals surface area contributed by atoms with Gasteiger partial charge in [-0.3, -0.25) is 0 Å². The van der Waals surface area contributed by atoms with Crippen LogP contribution in [0.4, 0.5) is 25.8 Å². The summed E-state index contributed by atoms with van der Waals surface area (Å²) in [5, 5.41) is 9.09. The van der Waals surface area contributed by atoms with Crippen molar-refractivity contribution >= 4 is 17.1 Å². The molecule has 0 bridgehead atoms. The van der Waals surface area contributed by atoms with E-state index in [0.717, 1.165) is 22.4 Å². The van der Waals surface area contributed by atoms with E-state index in [1.54, 1.807) is 18.0 Å². The summed E-state index contributed by atoms with van der Waals surface area (Å²) >= 11 is 0. The average molecular weight is 375 g/mol. The first-order valence-corrected chi connectivity index (χ1v) is 9.04. The topological polar surface area (TPSA) is 30.3 Å². The van der Waals surface area contributed by atoms with E-state index in [0.29, 0.717) is 5.69 Å². The van der Waals surface area contributed by atoms with E-state index < -0.39 is 17.2 Å². The number of aryl methyl sites for hydroxylation is 1. The number of hydrogen-bond donors (Lipinski definition) is 0. The highest BCUT2D eigenvalue weighted by Gasteiger charge is 2.37. The minimum absolute atomic E-state index is 0.223. The average Bonchev–Trinajstić information content (AvgIpc) is 2.93. The molecule has 0 saturated carbocycles. The predicted octanol–water partition coefficient (Wildman–Crippen LogP) is 5.75. The zero-order valence-electron chi connectivity index (χ0n) is 15.9. The van der Waals surface area contributed by atoms with E-state index in [1.165, 1.54) is 6.07 Å². The molecule has 0 saturated heterocycles. The second-order valence-electron chi connectivity index (χ2n) is 7.01. The lowest BCUT2D eigenvalue weighted by molar-refractivity contribution is 0.577. The van der Waals surface area contributed by atoms with Crippen LogP contribution in [-0.2, 0) is 0 Å². The van der Waals surface area contributed by atoms with Crippen molar-refractivity contribution in [1.82, 2.24) is 0 Å². The largest absolute Gasteiger partial charge is 0.350 e. The Morgan fingerprint density at radius 1 is 0.964 bits per heavy atom. The summed E-state index contributed by atoms with van der Waals surface area (Å²) in [5.74, 6) is -1.65. The highest BCUT2D eigenvalue weighted by molar-refractivity contribution is 5.86. The Labute approximate surface area is 163 Å². The molecule has 0 aliphatic carbocycles. The van der Waals surface area contributed by atoms with Crippen LogP contribution in [0.1, 0.15) is 18.1 Å². The van der Waals surface area contributed by atoms with E-state index in [4.69, 9.17) is 5.26 Å². The maximum Gasteiger partial charge on any atom is 0.169 e. The van der Waals surface area contributed by atoms with Crippen molar-refractivity contribution in [1.29, 1.82) is 5.26 Å². The van der Waals surface area contributed by atoms with Crippen molar-refractivity contribution in [3.05, 3.63) is 77.4 Å². The van der Waals surface area contributed by atoms with Gasteiger partial charge in [-0.15, -0.1) is 0 Å². The number of benzene rings is 3. The predicted molar refractivity (Wildman–Crippen MR) is 108 cm³/mol. The molecule has 0 amide bonds. The molecular weight excluding hydrogens is 356 g/mol. The SMILES string of the molecule is Cc1cc(-c2ccccc2)ccc1N1c2cc(F)c(C#N)c(F)c2N(C)[C@@H]1C. The van der Waals surface area contributed by atoms with Crippen LogP contribution >= 0.6 is 0 Å². The van der Waals surface area contributed by atoms with Crippen molar-refractivity contribution in [2.24, 2.45) is 0 Å². The van der Waals surface area contributed by atoms with Gasteiger partial charge >= 0.3 is 0 Å². The van der Waals surface area contributed by atoms with E-state index in [9.17, 15) is 8.78 Å². The van der Waals surface area contributed by atoms with Gasteiger partial charge in [0.05, 0.1) is 5.69 Å². The second kappa shape index (κ2) is 6.65. The fourth-order valence-corrected chi connectivity index (χ4v) is 3.85. The molecule has 0 radical (unpaired) electrons. The molecule has 1 aliphatic rings. The second-order valence-corrected chi connectivity index (χ2v) is 7.01. The highest BCUT2D eigenvalue weighted by Crippen LogP contribution is 2.47. The summed E-state index contributed by atoms with van der Waals surface area (Å²) in [6, 6.07) is 19.0. The summed E-state index contributed by atoms with van der Waals surface area (Å²) in [7, 11) is 1.75. The van der Waals surface area contributed by atoms with E-state index >= 15 is 0 Å². The summed E-state index contributed by atoms with van der Waals surface area (Å²) in [5.41, 5.74) is 4.20. The van der Waals surface area contributed by atoms with Gasteiger partial charge in [0.25, 0.3) is 0 Å². The van der Waals surface area contributed by atoms with Gasteiger partial charge in [-0.1, -0.05) is 36.4 Å². The third-order valence-corrected chi connectivity index (χ3v) is 5.39. The lowest BCUT2D eigenvalue weighted by atomic mass is 10.0. The first-order chi connectivity index (χ1) is 13.4. The molecule has 3 aromatic rings. The Balaban J connectivity index is 1.85. The quantitative estimate of drug-likeness (QED) is 0.572. The van der Waals surface area contributed by atoms with Crippen LogP contribution in [-0.4, -0.2) is 13.2 Å². The Morgan fingerprint density at radius 2 is 1.68 bits per heavy atom. The van der Waals surface area contributed by atoms with Gasteiger partial charge in [0.2, 0.25) is 0 Å². The number of nitrogens with zero attached hydrogens (tertiary/aromatic N) is 3. The van der Waals surface area contributed by atoms with Crippen molar-refractivity contribution in [3.8, 4) is 17.2 Å². The van der Waals surface area contributed by atoms with Crippen LogP contribution in [0.25, 0.3) is 11.1 Å². The molecule has 1 atom stereocenters. The standard InChI is InChI=1S/C23H19F2N3/c1-14-11-17(16-7-5-4-6-8-16)9-10-20(14)28-15(2)27(3)23-21(28)12-19(24)18(13-26)22(23)25/h4-12,15H,1-3H3/t15-/m0/s1. The molecule has 3 nitrogen and oxygen atoms in total. The number of anilines is 3. The molecule has 3 aromatic carbocycles. The van der Waals surface area contributed by atoms with E-state index in [-0.39, 0.29) is 11.9 Å². The Kier molecular flexibility index (Phi) is 4.27. The number of rotatable bonds is 2. The summed E-state index contributed by atoms with van der Waals surface area (Å²) in [4.78, 5) is 3.64. The first kappa shape index (κ1) is 18.0. The normalized spacial score (nSPS) is 15.5. The number of nitriles is 1. The third kappa shape index (κ3) is 2.61. The molecule has 5 heteroatoms. The van der Waals surface area contributed by atoms with Crippen LogP contribution < -0.4 is 9.80 Å². The maximum atomic E-state index is 14.8. The maximum absolute atomic E-state index is 14.8. The van der Waals surface area contributed by atoms with Crippen LogP contribution in [0.2, 0.25) is 0 Å². The Bertz CT molecular complexity index is 1100. The van der Waals surface area contributed by atoms with Gasteiger partial charge in [-0.2, -0.15) is 5.26 Å². The molecule has 4 rings (SSSR count).